The van der Waals surface area contributed by atoms with E-state index >= 15 is 0 Å². The molecule has 0 aliphatic carbocycles. The van der Waals surface area contributed by atoms with Crippen LogP contribution >= 0.6 is 15.9 Å². The molecule has 10 nitrogen and oxygen atoms in total. The standard InChI is InChI=1S/C20H19BrF3N3O7/c1-8(28)31-7-15-18(32-9(2)29)17(19(20(21)34-15)33-10(3)30)27-6-14(25-26-27)11-4-12(22)16(24)13(23)5-11/h4-6,15,17-20H,7H2,1-3H3/t15?,17?,18-,19?,20-/m0/s1. The zero-order valence-corrected chi connectivity index (χ0v) is 19.6. The van der Waals surface area contributed by atoms with Crippen molar-refractivity contribution in [3.63, 3.8) is 0 Å². The Labute approximate surface area is 199 Å². The molecule has 1 aliphatic rings. The summed E-state index contributed by atoms with van der Waals surface area (Å²) in [6.07, 6.45) is -2.07. The molecule has 1 aromatic heterocycles. The molecule has 5 atom stereocenters. The van der Waals surface area contributed by atoms with E-state index in [2.05, 4.69) is 26.2 Å². The van der Waals surface area contributed by atoms with Crippen LogP contribution in [0.25, 0.3) is 11.3 Å². The summed E-state index contributed by atoms with van der Waals surface area (Å²) in [4.78, 5) is 34.9. The first-order valence-corrected chi connectivity index (χ1v) is 10.7. The van der Waals surface area contributed by atoms with Gasteiger partial charge in [-0.15, -0.1) is 5.10 Å². The maximum Gasteiger partial charge on any atom is 0.303 e. The smallest absolute Gasteiger partial charge is 0.303 e. The van der Waals surface area contributed by atoms with E-state index in [0.717, 1.165) is 30.7 Å². The molecule has 3 unspecified atom stereocenters. The first-order valence-electron chi connectivity index (χ1n) is 9.82. The predicted molar refractivity (Wildman–Crippen MR) is 110 cm³/mol. The largest absolute Gasteiger partial charge is 0.463 e. The molecule has 34 heavy (non-hydrogen) atoms. The Morgan fingerprint density at radius 1 is 1.03 bits per heavy atom. The highest BCUT2D eigenvalue weighted by Gasteiger charge is 2.51. The predicted octanol–water partition coefficient (Wildman–Crippen LogP) is 2.45. The van der Waals surface area contributed by atoms with Crippen molar-refractivity contribution in [2.45, 2.75) is 50.1 Å². The molecule has 184 valence electrons. The van der Waals surface area contributed by atoms with Crippen LogP contribution in [0.15, 0.2) is 18.3 Å². The maximum absolute atomic E-state index is 13.7. The van der Waals surface area contributed by atoms with Crippen molar-refractivity contribution >= 4 is 33.8 Å². The summed E-state index contributed by atoms with van der Waals surface area (Å²) < 4.78 is 63.4. The highest BCUT2D eigenvalue weighted by Crippen LogP contribution is 2.37. The fourth-order valence-electron chi connectivity index (χ4n) is 3.43. The molecule has 2 heterocycles. The molecule has 1 fully saturated rings. The lowest BCUT2D eigenvalue weighted by molar-refractivity contribution is -0.211. The van der Waals surface area contributed by atoms with Gasteiger partial charge in [0.05, 0.1) is 6.20 Å². The van der Waals surface area contributed by atoms with Gasteiger partial charge in [0.1, 0.15) is 24.4 Å². The normalized spacial score (nSPS) is 24.4. The Bertz CT molecular complexity index is 1080. The average molecular weight is 550 g/mol. The third-order valence-corrected chi connectivity index (χ3v) is 5.49. The van der Waals surface area contributed by atoms with Crippen molar-refractivity contribution < 1.29 is 46.5 Å². The highest BCUT2D eigenvalue weighted by atomic mass is 79.9. The van der Waals surface area contributed by atoms with Crippen LogP contribution in [0.2, 0.25) is 0 Å². The second kappa shape index (κ2) is 10.5. The second-order valence-electron chi connectivity index (χ2n) is 7.30. The Morgan fingerprint density at radius 3 is 2.18 bits per heavy atom. The van der Waals surface area contributed by atoms with Crippen LogP contribution < -0.4 is 0 Å². The number of esters is 3. The third kappa shape index (κ3) is 5.73. The van der Waals surface area contributed by atoms with Crippen LogP contribution in [-0.2, 0) is 33.3 Å². The third-order valence-electron chi connectivity index (χ3n) is 4.75. The number of ether oxygens (including phenoxy) is 4. The molecule has 0 spiro atoms. The van der Waals surface area contributed by atoms with E-state index in [1.807, 2.05) is 0 Å². The van der Waals surface area contributed by atoms with Gasteiger partial charge in [-0.3, -0.25) is 14.4 Å². The SMILES string of the molecule is CC(=O)OCC1O[C@H](Br)C(OC(C)=O)C(n2cc(-c3cc(F)c(F)c(F)c3)nn2)[C@H]1OC(C)=O. The van der Waals surface area contributed by atoms with Crippen molar-refractivity contribution in [2.75, 3.05) is 6.61 Å². The molecule has 14 heteroatoms. The quantitative estimate of drug-likeness (QED) is 0.231. The van der Waals surface area contributed by atoms with E-state index in [1.165, 1.54) is 13.1 Å². The van der Waals surface area contributed by atoms with E-state index in [4.69, 9.17) is 18.9 Å². The van der Waals surface area contributed by atoms with Gasteiger partial charge in [-0.05, 0) is 12.1 Å². The monoisotopic (exact) mass is 549 g/mol. The van der Waals surface area contributed by atoms with Crippen molar-refractivity contribution in [1.29, 1.82) is 0 Å². The molecule has 0 N–H and O–H groups in total. The number of rotatable bonds is 6. The maximum atomic E-state index is 13.7. The van der Waals surface area contributed by atoms with Crippen molar-refractivity contribution in [3.8, 4) is 11.3 Å². The van der Waals surface area contributed by atoms with Gasteiger partial charge in [-0.1, -0.05) is 21.1 Å². The van der Waals surface area contributed by atoms with Gasteiger partial charge in [-0.2, -0.15) is 0 Å². The number of alkyl halides is 1. The topological polar surface area (TPSA) is 119 Å². The number of benzene rings is 1. The minimum atomic E-state index is -1.64. The summed E-state index contributed by atoms with van der Waals surface area (Å²) in [6.45, 7) is 3.16. The average Bonchev–Trinajstić information content (AvgIpc) is 3.22. The first kappa shape index (κ1) is 25.6. The summed E-state index contributed by atoms with van der Waals surface area (Å²) in [5.74, 6) is -6.50. The van der Waals surface area contributed by atoms with E-state index in [0.29, 0.717) is 0 Å². The van der Waals surface area contributed by atoms with Gasteiger partial charge < -0.3 is 18.9 Å². The van der Waals surface area contributed by atoms with Crippen molar-refractivity contribution in [1.82, 2.24) is 15.0 Å². The van der Waals surface area contributed by atoms with Gasteiger partial charge in [0.2, 0.25) is 0 Å². The zero-order chi connectivity index (χ0) is 25.2. The summed E-state index contributed by atoms with van der Waals surface area (Å²) in [5.41, 5.74) is -0.162. The second-order valence-corrected chi connectivity index (χ2v) is 8.21. The van der Waals surface area contributed by atoms with Crippen LogP contribution in [-0.4, -0.2) is 62.8 Å². The van der Waals surface area contributed by atoms with Crippen LogP contribution in [0, 0.1) is 17.5 Å². The van der Waals surface area contributed by atoms with Crippen molar-refractivity contribution in [2.24, 2.45) is 0 Å². The summed E-state index contributed by atoms with van der Waals surface area (Å²) in [6, 6.07) is 0.407. The minimum Gasteiger partial charge on any atom is -0.463 e. The minimum absolute atomic E-state index is 0.0462. The molecule has 0 radical (unpaired) electrons. The fourth-order valence-corrected chi connectivity index (χ4v) is 4.13. The van der Waals surface area contributed by atoms with Gasteiger partial charge >= 0.3 is 17.9 Å². The zero-order valence-electron chi connectivity index (χ0n) is 18.0. The lowest BCUT2D eigenvalue weighted by Crippen LogP contribution is -2.57. The molecule has 2 aromatic rings. The molecule has 0 saturated carbocycles. The number of hydrogen-bond acceptors (Lipinski definition) is 9. The number of carbonyl (C=O) groups is 3. The first-order chi connectivity index (χ1) is 16.0. The summed E-state index contributed by atoms with van der Waals surface area (Å²) in [5, 5.41) is 6.84. The molecule has 1 aliphatic heterocycles. The lowest BCUT2D eigenvalue weighted by atomic mass is 9.96. The van der Waals surface area contributed by atoms with Gasteiger partial charge in [0, 0.05) is 26.3 Å². The van der Waals surface area contributed by atoms with Gasteiger partial charge in [0.15, 0.2) is 34.7 Å². The van der Waals surface area contributed by atoms with Crippen LogP contribution in [0.3, 0.4) is 0 Å². The molecule has 1 saturated heterocycles. The van der Waals surface area contributed by atoms with Crippen LogP contribution in [0.4, 0.5) is 13.2 Å². The Hall–Kier alpha value is -3.00. The Balaban J connectivity index is 2.05. The van der Waals surface area contributed by atoms with E-state index < -0.39 is 64.7 Å². The fraction of sp³-hybridized carbons (Fsp3) is 0.450. The highest BCUT2D eigenvalue weighted by molar-refractivity contribution is 9.09. The Morgan fingerprint density at radius 2 is 1.62 bits per heavy atom. The molecule has 0 bridgehead atoms. The number of aromatic nitrogens is 3. The van der Waals surface area contributed by atoms with Crippen LogP contribution in [0.5, 0.6) is 0 Å². The summed E-state index contributed by atoms with van der Waals surface area (Å²) in [7, 11) is 0. The number of carbonyl (C=O) groups excluding carboxylic acids is 3. The van der Waals surface area contributed by atoms with Crippen LogP contribution in [0.1, 0.15) is 26.8 Å². The molecular formula is C20H19BrF3N3O7. The molecule has 0 amide bonds. The molecule has 1 aromatic carbocycles. The molecular weight excluding hydrogens is 531 g/mol. The van der Waals surface area contributed by atoms with Crippen molar-refractivity contribution in [3.05, 3.63) is 35.8 Å². The number of nitrogens with zero attached hydrogens (tertiary/aromatic N) is 3. The van der Waals surface area contributed by atoms with E-state index in [1.54, 1.807) is 0 Å². The van der Waals surface area contributed by atoms with Gasteiger partial charge in [-0.25, -0.2) is 17.9 Å². The summed E-state index contributed by atoms with van der Waals surface area (Å²) >= 11 is 3.26. The van der Waals surface area contributed by atoms with Gasteiger partial charge in [0.25, 0.3) is 0 Å². The number of halogens is 4. The lowest BCUT2D eigenvalue weighted by Gasteiger charge is -2.43. The van der Waals surface area contributed by atoms with E-state index in [-0.39, 0.29) is 17.9 Å². The molecule has 3 rings (SSSR count). The number of hydrogen-bond donors (Lipinski definition) is 0. The van der Waals surface area contributed by atoms with E-state index in [9.17, 15) is 27.6 Å². The Kier molecular flexibility index (Phi) is 7.92.